The maximum atomic E-state index is 10.7. The molecule has 7 nitrogen and oxygen atoms in total. The summed E-state index contributed by atoms with van der Waals surface area (Å²) in [6, 6.07) is 12.2. The Hall–Kier alpha value is -2.96. The maximum Gasteiger partial charge on any atom is 0.269 e. The van der Waals surface area contributed by atoms with Crippen molar-refractivity contribution in [2.24, 2.45) is 0 Å². The van der Waals surface area contributed by atoms with Crippen LogP contribution in [0.3, 0.4) is 0 Å². The first-order valence-electron chi connectivity index (χ1n) is 6.43. The third-order valence-electron chi connectivity index (χ3n) is 3.12. The minimum Gasteiger partial charge on any atom is -0.349 e. The quantitative estimate of drug-likeness (QED) is 0.587. The van der Waals surface area contributed by atoms with Crippen LogP contribution in [0, 0.1) is 17.0 Å². The van der Waals surface area contributed by atoms with E-state index in [0.717, 1.165) is 16.9 Å². The van der Waals surface area contributed by atoms with Crippen LogP contribution in [-0.4, -0.2) is 19.5 Å². The van der Waals surface area contributed by atoms with E-state index in [0.29, 0.717) is 12.5 Å². The first-order valence-corrected chi connectivity index (χ1v) is 6.43. The van der Waals surface area contributed by atoms with Crippen LogP contribution in [0.2, 0.25) is 0 Å². The Balaban J connectivity index is 1.78. The number of hydrogen-bond donors (Lipinski definition) is 1. The molecule has 0 unspecified atom stereocenters. The van der Waals surface area contributed by atoms with E-state index in [1.165, 1.54) is 12.1 Å². The molecule has 3 aromatic rings. The monoisotopic (exact) mass is 283 g/mol. The summed E-state index contributed by atoms with van der Waals surface area (Å²) in [4.78, 5) is 14.7. The molecule has 3 rings (SSSR count). The summed E-state index contributed by atoms with van der Waals surface area (Å²) in [6.07, 6.45) is 0. The van der Waals surface area contributed by atoms with E-state index in [9.17, 15) is 10.1 Å². The zero-order valence-electron chi connectivity index (χ0n) is 11.4. The van der Waals surface area contributed by atoms with Gasteiger partial charge in [-0.25, -0.2) is 4.52 Å². The lowest BCUT2D eigenvalue weighted by Crippen LogP contribution is -2.02. The molecular formula is C14H13N5O2. The van der Waals surface area contributed by atoms with Crippen molar-refractivity contribution in [3.63, 3.8) is 0 Å². The fourth-order valence-corrected chi connectivity index (χ4v) is 2.07. The first kappa shape index (κ1) is 13.0. The molecule has 0 amide bonds. The van der Waals surface area contributed by atoms with E-state index in [4.69, 9.17) is 0 Å². The van der Waals surface area contributed by atoms with Crippen LogP contribution in [0.5, 0.6) is 0 Å². The molecule has 0 spiro atoms. The van der Waals surface area contributed by atoms with Crippen molar-refractivity contribution in [2.45, 2.75) is 13.5 Å². The second-order valence-corrected chi connectivity index (χ2v) is 4.65. The highest BCUT2D eigenvalue weighted by atomic mass is 16.6. The zero-order chi connectivity index (χ0) is 14.8. The third kappa shape index (κ3) is 2.66. The minimum atomic E-state index is -0.407. The maximum absolute atomic E-state index is 10.7. The number of nitro groups is 1. The van der Waals surface area contributed by atoms with Gasteiger partial charge in [0, 0.05) is 24.4 Å². The Morgan fingerprint density at radius 2 is 2.10 bits per heavy atom. The van der Waals surface area contributed by atoms with Gasteiger partial charge in [-0.2, -0.15) is 4.98 Å². The third-order valence-corrected chi connectivity index (χ3v) is 3.12. The summed E-state index contributed by atoms with van der Waals surface area (Å²) in [6.45, 7) is 2.38. The molecule has 0 bridgehead atoms. The van der Waals surface area contributed by atoms with Crippen molar-refractivity contribution >= 4 is 17.3 Å². The van der Waals surface area contributed by atoms with Crippen LogP contribution in [-0.2, 0) is 6.54 Å². The zero-order valence-corrected chi connectivity index (χ0v) is 11.4. The van der Waals surface area contributed by atoms with E-state index in [1.54, 1.807) is 10.6 Å². The average molecular weight is 283 g/mol. The topological polar surface area (TPSA) is 85.4 Å². The first-order chi connectivity index (χ1) is 10.1. The van der Waals surface area contributed by atoms with E-state index in [2.05, 4.69) is 15.4 Å². The molecule has 0 fully saturated rings. The lowest BCUT2D eigenvalue weighted by molar-refractivity contribution is -0.384. The molecule has 0 aliphatic rings. The van der Waals surface area contributed by atoms with E-state index in [1.807, 2.05) is 31.2 Å². The Labute approximate surface area is 120 Å². The van der Waals surface area contributed by atoms with Gasteiger partial charge in [-0.1, -0.05) is 18.2 Å². The average Bonchev–Trinajstić information content (AvgIpc) is 2.90. The molecule has 0 radical (unpaired) electrons. The molecule has 1 N–H and O–H groups in total. The number of aromatic nitrogens is 3. The number of nitrogens with one attached hydrogen (secondary N) is 1. The highest BCUT2D eigenvalue weighted by Gasteiger charge is 2.07. The van der Waals surface area contributed by atoms with Gasteiger partial charge < -0.3 is 5.32 Å². The van der Waals surface area contributed by atoms with E-state index >= 15 is 0 Å². The van der Waals surface area contributed by atoms with Crippen molar-refractivity contribution in [2.75, 3.05) is 5.32 Å². The Kier molecular flexibility index (Phi) is 3.23. The van der Waals surface area contributed by atoms with Gasteiger partial charge in [0.2, 0.25) is 5.95 Å². The number of anilines is 1. The molecule has 0 saturated heterocycles. The predicted molar refractivity (Wildman–Crippen MR) is 78.1 cm³/mol. The number of fused-ring (bicyclic) bond motifs is 1. The van der Waals surface area contributed by atoms with Crippen molar-refractivity contribution < 1.29 is 4.92 Å². The van der Waals surface area contributed by atoms with Crippen molar-refractivity contribution in [3.8, 4) is 0 Å². The fraction of sp³-hybridized carbons (Fsp3) is 0.143. The van der Waals surface area contributed by atoms with Crippen molar-refractivity contribution in [1.29, 1.82) is 0 Å². The summed E-state index contributed by atoms with van der Waals surface area (Å²) in [7, 11) is 0. The molecule has 2 heterocycles. The second kappa shape index (κ2) is 5.20. The molecule has 21 heavy (non-hydrogen) atoms. The predicted octanol–water partition coefficient (Wildman–Crippen LogP) is 2.56. The Bertz CT molecular complexity index is 812. The smallest absolute Gasteiger partial charge is 0.269 e. The molecule has 0 aliphatic carbocycles. The van der Waals surface area contributed by atoms with Crippen LogP contribution in [0.25, 0.3) is 5.65 Å². The molecule has 106 valence electrons. The van der Waals surface area contributed by atoms with Gasteiger partial charge in [-0.3, -0.25) is 10.1 Å². The van der Waals surface area contributed by atoms with Gasteiger partial charge in [-0.15, -0.1) is 5.10 Å². The fourth-order valence-electron chi connectivity index (χ4n) is 2.07. The van der Waals surface area contributed by atoms with Gasteiger partial charge in [0.05, 0.1) is 4.92 Å². The van der Waals surface area contributed by atoms with E-state index in [-0.39, 0.29) is 5.69 Å². The molecule has 1 aromatic carbocycles. The highest BCUT2D eigenvalue weighted by molar-refractivity contribution is 5.45. The normalized spacial score (nSPS) is 10.7. The van der Waals surface area contributed by atoms with Crippen LogP contribution in [0.15, 0.2) is 42.5 Å². The minimum absolute atomic E-state index is 0.0769. The SMILES string of the molecule is Cc1cccc2nc(NCc3cccc([N+](=O)[O-])c3)nn12. The number of aryl methyl sites for hydroxylation is 1. The highest BCUT2D eigenvalue weighted by Crippen LogP contribution is 2.14. The summed E-state index contributed by atoms with van der Waals surface area (Å²) >= 11 is 0. The molecule has 2 aromatic heterocycles. The second-order valence-electron chi connectivity index (χ2n) is 4.65. The van der Waals surface area contributed by atoms with E-state index < -0.39 is 4.92 Å². The lowest BCUT2D eigenvalue weighted by atomic mass is 10.2. The van der Waals surface area contributed by atoms with Crippen LogP contribution < -0.4 is 5.32 Å². The summed E-state index contributed by atoms with van der Waals surface area (Å²) in [5.41, 5.74) is 2.63. The molecule has 7 heteroatoms. The molecule has 0 atom stereocenters. The number of rotatable bonds is 4. The number of non-ortho nitro benzene ring substituents is 1. The lowest BCUT2D eigenvalue weighted by Gasteiger charge is -2.01. The summed E-state index contributed by atoms with van der Waals surface area (Å²) < 4.78 is 1.75. The Morgan fingerprint density at radius 3 is 2.86 bits per heavy atom. The summed E-state index contributed by atoms with van der Waals surface area (Å²) in [5.74, 6) is 0.496. The largest absolute Gasteiger partial charge is 0.349 e. The number of pyridine rings is 1. The van der Waals surface area contributed by atoms with Crippen LogP contribution in [0.1, 0.15) is 11.3 Å². The van der Waals surface area contributed by atoms with Crippen molar-refractivity contribution in [3.05, 3.63) is 63.8 Å². The van der Waals surface area contributed by atoms with Gasteiger partial charge >= 0.3 is 0 Å². The molecule has 0 saturated carbocycles. The van der Waals surface area contributed by atoms with Gasteiger partial charge in [0.25, 0.3) is 5.69 Å². The van der Waals surface area contributed by atoms with Crippen LogP contribution in [0.4, 0.5) is 11.6 Å². The summed E-state index contributed by atoms with van der Waals surface area (Å²) in [5, 5.41) is 18.2. The standard InChI is InChI=1S/C14H13N5O2/c1-10-4-2-7-13-16-14(17-18(10)13)15-9-11-5-3-6-12(8-11)19(20)21/h2-8H,9H2,1H3,(H,15,17). The number of nitrogens with zero attached hydrogens (tertiary/aromatic N) is 4. The van der Waals surface area contributed by atoms with Gasteiger partial charge in [-0.05, 0) is 24.6 Å². The Morgan fingerprint density at radius 1 is 1.29 bits per heavy atom. The molecular weight excluding hydrogens is 270 g/mol. The molecule has 0 aliphatic heterocycles. The number of hydrogen-bond acceptors (Lipinski definition) is 5. The number of benzene rings is 1. The van der Waals surface area contributed by atoms with Crippen molar-refractivity contribution in [1.82, 2.24) is 14.6 Å². The van der Waals surface area contributed by atoms with Gasteiger partial charge in [0.1, 0.15) is 0 Å². The van der Waals surface area contributed by atoms with Gasteiger partial charge in [0.15, 0.2) is 5.65 Å². The number of nitro benzene ring substituents is 1. The van der Waals surface area contributed by atoms with Crippen LogP contribution >= 0.6 is 0 Å².